The molecule has 1 atom stereocenters. The molecule has 188 valence electrons. The van der Waals surface area contributed by atoms with Crippen LogP contribution in [0.3, 0.4) is 0 Å². The van der Waals surface area contributed by atoms with Crippen molar-refractivity contribution in [3.63, 3.8) is 0 Å². The van der Waals surface area contributed by atoms with Crippen molar-refractivity contribution in [2.24, 2.45) is 17.8 Å². The van der Waals surface area contributed by atoms with Gasteiger partial charge < -0.3 is 24.8 Å². The van der Waals surface area contributed by atoms with Crippen LogP contribution in [-0.2, 0) is 19.0 Å². The molecule has 4 saturated carbocycles. The van der Waals surface area contributed by atoms with Gasteiger partial charge in [-0.3, -0.25) is 4.79 Å². The standard InChI is InChI=1S/C27H40N2O5/c1-2-32-11-12-33-19-24(23-7-4-3-5-8-23)34-25(30)9-6-10-28-26(31)29-27-16-20-13-21(17-27)15-22(14-20)18-27/h3-5,7-8,20-22,24H,2,6,9-19H2,1H3,(H2,28,29,31). The van der Waals surface area contributed by atoms with Gasteiger partial charge in [-0.25, -0.2) is 4.79 Å². The van der Waals surface area contributed by atoms with Crippen LogP contribution >= 0.6 is 0 Å². The Bertz CT molecular complexity index is 764. The number of amides is 2. The molecule has 1 unspecified atom stereocenters. The van der Waals surface area contributed by atoms with Crippen molar-refractivity contribution in [3.05, 3.63) is 35.9 Å². The zero-order chi connectivity index (χ0) is 23.8. The van der Waals surface area contributed by atoms with E-state index in [1.165, 1.54) is 19.3 Å². The predicted octanol–water partition coefficient (Wildman–Crippen LogP) is 4.37. The molecule has 0 saturated heterocycles. The molecule has 4 aliphatic carbocycles. The second-order valence-electron chi connectivity index (χ2n) is 10.3. The Morgan fingerprint density at radius 3 is 2.29 bits per heavy atom. The molecule has 7 heteroatoms. The maximum Gasteiger partial charge on any atom is 0.315 e. The first kappa shape index (κ1) is 25.0. The first-order valence-electron chi connectivity index (χ1n) is 13.0. The van der Waals surface area contributed by atoms with Gasteiger partial charge in [-0.05, 0) is 75.2 Å². The topological polar surface area (TPSA) is 85.9 Å². The highest BCUT2D eigenvalue weighted by atomic mass is 16.6. The second kappa shape index (κ2) is 12.0. The maximum atomic E-state index is 12.6. The van der Waals surface area contributed by atoms with E-state index in [9.17, 15) is 9.59 Å². The van der Waals surface area contributed by atoms with Gasteiger partial charge in [-0.1, -0.05) is 30.3 Å². The smallest absolute Gasteiger partial charge is 0.315 e. The van der Waals surface area contributed by atoms with E-state index in [0.29, 0.717) is 32.8 Å². The molecule has 4 aliphatic rings. The summed E-state index contributed by atoms with van der Waals surface area (Å²) in [4.78, 5) is 25.0. The third-order valence-electron chi connectivity index (χ3n) is 7.55. The molecule has 7 nitrogen and oxygen atoms in total. The van der Waals surface area contributed by atoms with E-state index in [1.54, 1.807) is 0 Å². The highest BCUT2D eigenvalue weighted by molar-refractivity contribution is 5.75. The quantitative estimate of drug-likeness (QED) is 0.329. The van der Waals surface area contributed by atoms with Crippen LogP contribution in [0.2, 0.25) is 0 Å². The van der Waals surface area contributed by atoms with Gasteiger partial charge in [-0.2, -0.15) is 0 Å². The van der Waals surface area contributed by atoms with Gasteiger partial charge in [-0.15, -0.1) is 0 Å². The molecule has 5 rings (SSSR count). The molecule has 0 aromatic heterocycles. The number of rotatable bonds is 13. The molecule has 0 spiro atoms. The average Bonchev–Trinajstić information content (AvgIpc) is 2.80. The normalized spacial score (nSPS) is 27.9. The molecule has 2 amide bonds. The lowest BCUT2D eigenvalue weighted by molar-refractivity contribution is -0.153. The Hall–Kier alpha value is -2.12. The second-order valence-corrected chi connectivity index (χ2v) is 10.3. The number of esters is 1. The van der Waals surface area contributed by atoms with Crippen molar-refractivity contribution >= 4 is 12.0 Å². The highest BCUT2D eigenvalue weighted by Crippen LogP contribution is 2.55. The summed E-state index contributed by atoms with van der Waals surface area (Å²) in [5, 5.41) is 6.27. The summed E-state index contributed by atoms with van der Waals surface area (Å²) in [6, 6.07) is 9.53. The van der Waals surface area contributed by atoms with Crippen LogP contribution in [0.1, 0.15) is 70.0 Å². The summed E-state index contributed by atoms with van der Waals surface area (Å²) >= 11 is 0. The van der Waals surface area contributed by atoms with Gasteiger partial charge in [0.15, 0.2) is 6.10 Å². The van der Waals surface area contributed by atoms with Crippen LogP contribution in [0, 0.1) is 17.8 Å². The van der Waals surface area contributed by atoms with Crippen LogP contribution in [0.25, 0.3) is 0 Å². The van der Waals surface area contributed by atoms with Crippen LogP contribution in [-0.4, -0.2) is 50.5 Å². The highest BCUT2D eigenvalue weighted by Gasteiger charge is 2.51. The van der Waals surface area contributed by atoms with Crippen molar-refractivity contribution in [2.75, 3.05) is 33.0 Å². The lowest BCUT2D eigenvalue weighted by Gasteiger charge is -2.56. The van der Waals surface area contributed by atoms with E-state index in [2.05, 4.69) is 10.6 Å². The zero-order valence-electron chi connectivity index (χ0n) is 20.4. The van der Waals surface area contributed by atoms with Crippen LogP contribution < -0.4 is 10.6 Å². The fraction of sp³-hybridized carbons (Fsp3) is 0.704. The Morgan fingerprint density at radius 2 is 1.65 bits per heavy atom. The largest absolute Gasteiger partial charge is 0.455 e. The van der Waals surface area contributed by atoms with Gasteiger partial charge in [0.25, 0.3) is 0 Å². The van der Waals surface area contributed by atoms with Crippen LogP contribution in [0.5, 0.6) is 0 Å². The van der Waals surface area contributed by atoms with E-state index in [-0.39, 0.29) is 30.6 Å². The number of hydrogen-bond donors (Lipinski definition) is 2. The summed E-state index contributed by atoms with van der Waals surface area (Å²) < 4.78 is 16.7. The molecule has 0 heterocycles. The van der Waals surface area contributed by atoms with Gasteiger partial charge in [0.05, 0.1) is 19.8 Å². The maximum absolute atomic E-state index is 12.6. The number of ether oxygens (including phenoxy) is 3. The van der Waals surface area contributed by atoms with Gasteiger partial charge in [0.2, 0.25) is 0 Å². The summed E-state index contributed by atoms with van der Waals surface area (Å²) in [5.41, 5.74) is 0.906. The molecule has 1 aromatic rings. The molecule has 1 aromatic carbocycles. The van der Waals surface area contributed by atoms with E-state index < -0.39 is 6.10 Å². The fourth-order valence-electron chi connectivity index (χ4n) is 6.52. The average molecular weight is 473 g/mol. The number of carbonyl (C=O) groups excluding carboxylic acids is 2. The minimum atomic E-state index is -0.456. The van der Waals surface area contributed by atoms with Gasteiger partial charge in [0, 0.05) is 25.1 Å². The minimum Gasteiger partial charge on any atom is -0.455 e. The van der Waals surface area contributed by atoms with Crippen molar-refractivity contribution < 1.29 is 23.8 Å². The molecular formula is C27H40N2O5. The van der Waals surface area contributed by atoms with Gasteiger partial charge >= 0.3 is 12.0 Å². The Kier molecular flexibility index (Phi) is 8.84. The summed E-state index contributed by atoms with van der Waals surface area (Å²) in [7, 11) is 0. The fourth-order valence-corrected chi connectivity index (χ4v) is 6.52. The molecule has 2 N–H and O–H groups in total. The lowest BCUT2D eigenvalue weighted by Crippen LogP contribution is -2.61. The zero-order valence-corrected chi connectivity index (χ0v) is 20.4. The number of carbonyl (C=O) groups is 2. The van der Waals surface area contributed by atoms with Crippen LogP contribution in [0.4, 0.5) is 4.79 Å². The SMILES string of the molecule is CCOCCOCC(OC(=O)CCCNC(=O)NC12CC3CC(CC(C3)C1)C2)c1ccccc1. The van der Waals surface area contributed by atoms with Crippen LogP contribution in [0.15, 0.2) is 30.3 Å². The minimum absolute atomic E-state index is 0.00282. The monoisotopic (exact) mass is 472 g/mol. The summed E-state index contributed by atoms with van der Waals surface area (Å²) in [5.74, 6) is 2.09. The van der Waals surface area contributed by atoms with E-state index in [1.807, 2.05) is 37.3 Å². The van der Waals surface area contributed by atoms with E-state index in [4.69, 9.17) is 14.2 Å². The van der Waals surface area contributed by atoms with Crippen molar-refractivity contribution in [3.8, 4) is 0 Å². The number of hydrogen-bond acceptors (Lipinski definition) is 5. The first-order valence-corrected chi connectivity index (χ1v) is 13.0. The Balaban J connectivity index is 1.16. The van der Waals surface area contributed by atoms with E-state index in [0.717, 1.165) is 42.6 Å². The van der Waals surface area contributed by atoms with Gasteiger partial charge in [0.1, 0.15) is 0 Å². The van der Waals surface area contributed by atoms with Crippen molar-refractivity contribution in [2.45, 2.75) is 69.9 Å². The number of urea groups is 1. The predicted molar refractivity (Wildman–Crippen MR) is 129 cm³/mol. The third kappa shape index (κ3) is 6.95. The summed E-state index contributed by atoms with van der Waals surface area (Å²) in [6.07, 6.45) is 7.79. The number of nitrogens with one attached hydrogen (secondary N) is 2. The molecular weight excluding hydrogens is 432 g/mol. The molecule has 4 bridgehead atoms. The molecule has 0 aliphatic heterocycles. The third-order valence-corrected chi connectivity index (χ3v) is 7.55. The van der Waals surface area contributed by atoms with Crippen molar-refractivity contribution in [1.29, 1.82) is 0 Å². The summed E-state index contributed by atoms with van der Waals surface area (Å²) in [6.45, 7) is 4.30. The molecule has 4 fully saturated rings. The Morgan fingerprint density at radius 1 is 1.00 bits per heavy atom. The first-order chi connectivity index (χ1) is 16.5. The lowest BCUT2D eigenvalue weighted by atomic mass is 9.53. The van der Waals surface area contributed by atoms with E-state index >= 15 is 0 Å². The number of benzene rings is 1. The van der Waals surface area contributed by atoms with Crippen molar-refractivity contribution in [1.82, 2.24) is 10.6 Å². The molecule has 0 radical (unpaired) electrons. The Labute approximate surface area is 203 Å². The molecule has 34 heavy (non-hydrogen) atoms.